The number of aromatic nitrogens is 3. The molecular formula is C29H40N4O4Si. The second-order valence-corrected chi connectivity index (χ2v) is 18.0. The van der Waals surface area contributed by atoms with Crippen molar-refractivity contribution in [3.05, 3.63) is 47.9 Å². The minimum Gasteiger partial charge on any atom is -0.493 e. The molecule has 38 heavy (non-hydrogen) atoms. The molecule has 2 aliphatic heterocycles. The number of para-hydroxylation sites is 1. The fourth-order valence-corrected chi connectivity index (χ4v) is 6.59. The summed E-state index contributed by atoms with van der Waals surface area (Å²) in [6.45, 7) is 9.98. The molecule has 4 heterocycles. The minimum atomic E-state index is -1.15. The van der Waals surface area contributed by atoms with Gasteiger partial charge in [-0.1, -0.05) is 37.8 Å². The lowest BCUT2D eigenvalue weighted by Crippen LogP contribution is -2.51. The molecule has 0 unspecified atom stereocenters. The van der Waals surface area contributed by atoms with Crippen LogP contribution in [0.25, 0.3) is 11.0 Å². The van der Waals surface area contributed by atoms with Gasteiger partial charge in [-0.05, 0) is 36.9 Å². The van der Waals surface area contributed by atoms with E-state index in [0.29, 0.717) is 45.3 Å². The van der Waals surface area contributed by atoms with E-state index >= 15 is 0 Å². The van der Waals surface area contributed by atoms with Crippen LogP contribution >= 0.6 is 0 Å². The molecule has 2 N–H and O–H groups in total. The molecule has 0 spiro atoms. The Hall–Kier alpha value is -2.46. The van der Waals surface area contributed by atoms with E-state index in [0.717, 1.165) is 40.8 Å². The molecule has 0 radical (unpaired) electrons. The Morgan fingerprint density at radius 3 is 2.71 bits per heavy atom. The van der Waals surface area contributed by atoms with Gasteiger partial charge in [0.1, 0.15) is 30.3 Å². The molecule has 9 heteroatoms. The Bertz CT molecular complexity index is 1280. The van der Waals surface area contributed by atoms with Crippen molar-refractivity contribution in [1.82, 2.24) is 14.5 Å². The predicted molar refractivity (Wildman–Crippen MR) is 150 cm³/mol. The molecule has 8 nitrogen and oxygen atoms in total. The summed E-state index contributed by atoms with van der Waals surface area (Å²) >= 11 is 0. The van der Waals surface area contributed by atoms with Crippen molar-refractivity contribution in [3.8, 4) is 5.75 Å². The highest BCUT2D eigenvalue weighted by Gasteiger charge is 2.46. The average Bonchev–Trinajstić information content (AvgIpc) is 3.68. The van der Waals surface area contributed by atoms with Gasteiger partial charge in [0.05, 0.1) is 23.6 Å². The van der Waals surface area contributed by atoms with Crippen molar-refractivity contribution in [2.45, 2.75) is 75.7 Å². The lowest BCUT2D eigenvalue weighted by molar-refractivity contribution is -0.116. The first-order valence-electron chi connectivity index (χ1n) is 14.0. The number of fused-ring (bicyclic) bond motifs is 2. The van der Waals surface area contributed by atoms with Gasteiger partial charge in [-0.15, -0.1) is 0 Å². The zero-order valence-corrected chi connectivity index (χ0v) is 23.8. The fourth-order valence-electron chi connectivity index (χ4n) is 5.83. The highest BCUT2D eigenvalue weighted by molar-refractivity contribution is 6.76. The maximum absolute atomic E-state index is 11.7. The lowest BCUT2D eigenvalue weighted by atomic mass is 9.74. The molecule has 1 aliphatic carbocycles. The third kappa shape index (κ3) is 5.21. The molecule has 204 valence electrons. The van der Waals surface area contributed by atoms with E-state index in [1.54, 1.807) is 6.33 Å². The van der Waals surface area contributed by atoms with Crippen LogP contribution in [0.1, 0.15) is 48.9 Å². The largest absolute Gasteiger partial charge is 0.493 e. The maximum atomic E-state index is 11.7. The van der Waals surface area contributed by atoms with Crippen LogP contribution in [0.15, 0.2) is 36.7 Å². The van der Waals surface area contributed by atoms with E-state index < -0.39 is 13.7 Å². The highest BCUT2D eigenvalue weighted by Crippen LogP contribution is 2.46. The zero-order valence-electron chi connectivity index (χ0n) is 22.8. The number of nitrogens with one attached hydrogen (secondary N) is 1. The van der Waals surface area contributed by atoms with Crippen LogP contribution in [0.4, 0.5) is 5.82 Å². The van der Waals surface area contributed by atoms with Gasteiger partial charge in [-0.3, -0.25) is 0 Å². The van der Waals surface area contributed by atoms with Crippen molar-refractivity contribution in [2.75, 3.05) is 31.7 Å². The highest BCUT2D eigenvalue weighted by atomic mass is 28.3. The van der Waals surface area contributed by atoms with Crippen LogP contribution in [0.3, 0.4) is 0 Å². The van der Waals surface area contributed by atoms with Gasteiger partial charge in [0, 0.05) is 57.9 Å². The molecule has 2 aromatic heterocycles. The quantitative estimate of drug-likeness (QED) is 0.282. The smallest absolute Gasteiger partial charge is 0.147 e. The molecule has 1 aromatic carbocycles. The summed E-state index contributed by atoms with van der Waals surface area (Å²) in [4.78, 5) is 9.43. The van der Waals surface area contributed by atoms with E-state index in [1.807, 2.05) is 18.2 Å². The number of benzene rings is 1. The first-order valence-corrected chi connectivity index (χ1v) is 17.7. The van der Waals surface area contributed by atoms with Gasteiger partial charge in [0.25, 0.3) is 0 Å². The number of aliphatic hydroxyl groups is 1. The number of hydrogen-bond acceptors (Lipinski definition) is 7. The summed E-state index contributed by atoms with van der Waals surface area (Å²) in [6, 6.07) is 11.4. The van der Waals surface area contributed by atoms with Crippen molar-refractivity contribution in [3.63, 3.8) is 0 Å². The van der Waals surface area contributed by atoms with E-state index in [4.69, 9.17) is 24.2 Å². The van der Waals surface area contributed by atoms with Crippen molar-refractivity contribution < 1.29 is 19.3 Å². The molecule has 3 aromatic rings. The molecule has 1 saturated heterocycles. The standard InChI is InChI=1S/C29H40N4O4Si/c1-38(2,3)15-14-36-19-33-24(20-8-9-20)16-22-27(30-18-31-28(22)33)32-26-21-6-4-5-7-25(21)37-17-23(26)29(34)10-12-35-13-11-29/h4-7,16,18,20,23,26,34H,8-15,17,19H2,1-3H3,(H,30,31,32)/t23-,26-/m0/s1. The number of rotatable bonds is 9. The van der Waals surface area contributed by atoms with Gasteiger partial charge >= 0.3 is 0 Å². The monoisotopic (exact) mass is 536 g/mol. The predicted octanol–water partition coefficient (Wildman–Crippen LogP) is 5.32. The summed E-state index contributed by atoms with van der Waals surface area (Å²) in [6.07, 6.45) is 5.23. The van der Waals surface area contributed by atoms with Crippen molar-refractivity contribution >= 4 is 24.9 Å². The van der Waals surface area contributed by atoms with Crippen LogP contribution in [-0.2, 0) is 16.2 Å². The van der Waals surface area contributed by atoms with E-state index in [2.05, 4.69) is 41.7 Å². The van der Waals surface area contributed by atoms with E-state index in [9.17, 15) is 5.11 Å². The summed E-state index contributed by atoms with van der Waals surface area (Å²) in [5.41, 5.74) is 2.36. The normalized spacial score (nSPS) is 23.2. The summed E-state index contributed by atoms with van der Waals surface area (Å²) < 4.78 is 20.2. The van der Waals surface area contributed by atoms with Crippen molar-refractivity contribution in [2.24, 2.45) is 5.92 Å². The third-order valence-corrected chi connectivity index (χ3v) is 10.1. The zero-order chi connectivity index (χ0) is 26.3. The molecular weight excluding hydrogens is 496 g/mol. The maximum Gasteiger partial charge on any atom is 0.147 e. The molecule has 0 amide bonds. The van der Waals surface area contributed by atoms with Crippen LogP contribution in [0.2, 0.25) is 25.7 Å². The Balaban J connectivity index is 1.33. The number of nitrogens with zero attached hydrogens (tertiary/aromatic N) is 3. The molecule has 1 saturated carbocycles. The molecule has 6 rings (SSSR count). The van der Waals surface area contributed by atoms with Gasteiger partial charge in [0.15, 0.2) is 0 Å². The number of anilines is 1. The topological polar surface area (TPSA) is 90.7 Å². The van der Waals surface area contributed by atoms with E-state index in [-0.39, 0.29) is 12.0 Å². The Morgan fingerprint density at radius 2 is 1.95 bits per heavy atom. The van der Waals surface area contributed by atoms with Gasteiger partial charge in [-0.25, -0.2) is 9.97 Å². The SMILES string of the molecule is C[Si](C)(C)CCOCn1c(C2CC2)cc2c(N[C@H]3c4ccccc4OC[C@@H]3C3(O)CCOCC3)ncnc21. The first-order chi connectivity index (χ1) is 18.3. The Labute approximate surface area is 225 Å². The molecule has 0 bridgehead atoms. The Kier molecular flexibility index (Phi) is 6.96. The molecule has 2 atom stereocenters. The first kappa shape index (κ1) is 25.8. The third-order valence-electron chi connectivity index (χ3n) is 8.35. The van der Waals surface area contributed by atoms with Gasteiger partial charge in [0.2, 0.25) is 0 Å². The number of ether oxygens (including phenoxy) is 3. The summed E-state index contributed by atoms with van der Waals surface area (Å²) in [5, 5.41) is 16.5. The van der Waals surface area contributed by atoms with Crippen LogP contribution < -0.4 is 10.1 Å². The molecule has 3 aliphatic rings. The second kappa shape index (κ2) is 10.3. The average molecular weight is 537 g/mol. The summed E-state index contributed by atoms with van der Waals surface area (Å²) in [7, 11) is -1.15. The van der Waals surface area contributed by atoms with Crippen LogP contribution in [-0.4, -0.2) is 59.7 Å². The molecule has 2 fully saturated rings. The fraction of sp³-hybridized carbons (Fsp3) is 0.586. The minimum absolute atomic E-state index is 0.138. The Morgan fingerprint density at radius 1 is 1.16 bits per heavy atom. The van der Waals surface area contributed by atoms with Crippen LogP contribution in [0, 0.1) is 5.92 Å². The van der Waals surface area contributed by atoms with Gasteiger partial charge < -0.3 is 29.2 Å². The van der Waals surface area contributed by atoms with Gasteiger partial charge in [-0.2, -0.15) is 0 Å². The number of hydrogen-bond donors (Lipinski definition) is 2. The van der Waals surface area contributed by atoms with Crippen molar-refractivity contribution in [1.29, 1.82) is 0 Å². The summed E-state index contributed by atoms with van der Waals surface area (Å²) in [5.74, 6) is 2.06. The van der Waals surface area contributed by atoms with E-state index in [1.165, 1.54) is 18.5 Å². The van der Waals surface area contributed by atoms with Crippen LogP contribution in [0.5, 0.6) is 5.75 Å². The lowest BCUT2D eigenvalue weighted by Gasteiger charge is -2.45. The second-order valence-electron chi connectivity index (χ2n) is 12.4.